The Bertz CT molecular complexity index is 1400. The van der Waals surface area contributed by atoms with E-state index in [1.165, 1.54) is 31.7 Å². The van der Waals surface area contributed by atoms with Crippen LogP contribution in [0.5, 0.6) is 0 Å². The Morgan fingerprint density at radius 1 is 1.16 bits per heavy atom. The summed E-state index contributed by atoms with van der Waals surface area (Å²) < 4.78 is 21.6. The molecule has 4 heterocycles. The number of pyridine rings is 1. The van der Waals surface area contributed by atoms with Crippen molar-refractivity contribution in [2.45, 2.75) is 38.1 Å². The van der Waals surface area contributed by atoms with E-state index >= 15 is 0 Å². The smallest absolute Gasteiger partial charge is 0.345 e. The van der Waals surface area contributed by atoms with E-state index in [9.17, 15) is 9.18 Å². The first-order chi connectivity index (χ1) is 15.5. The summed E-state index contributed by atoms with van der Waals surface area (Å²) in [5.41, 5.74) is 3.09. The number of fused-ring (bicyclic) bond motifs is 2. The number of piperazine rings is 1. The van der Waals surface area contributed by atoms with Crippen LogP contribution in [0.4, 0.5) is 10.1 Å². The second-order valence-corrected chi connectivity index (χ2v) is 9.23. The zero-order chi connectivity index (χ0) is 21.9. The van der Waals surface area contributed by atoms with E-state index in [-0.39, 0.29) is 11.2 Å². The van der Waals surface area contributed by atoms with Gasteiger partial charge in [-0.1, -0.05) is 12.8 Å². The second kappa shape index (κ2) is 7.17. The lowest BCUT2D eigenvalue weighted by atomic mass is 9.94. The van der Waals surface area contributed by atoms with Gasteiger partial charge in [0.05, 0.1) is 11.3 Å². The minimum Gasteiger partial charge on any atom is -0.422 e. The number of imidazole rings is 1. The minimum atomic E-state index is -0.470. The Balaban J connectivity index is 1.37. The summed E-state index contributed by atoms with van der Waals surface area (Å²) in [6.45, 7) is 4.69. The van der Waals surface area contributed by atoms with Crippen LogP contribution in [0.15, 0.2) is 51.9 Å². The van der Waals surface area contributed by atoms with Crippen molar-refractivity contribution in [3.8, 4) is 11.3 Å². The average molecular weight is 432 g/mol. The summed E-state index contributed by atoms with van der Waals surface area (Å²) in [6, 6.07) is 9.25. The molecule has 3 aromatic heterocycles. The third-order valence-corrected chi connectivity index (χ3v) is 6.94. The van der Waals surface area contributed by atoms with Gasteiger partial charge in [0.2, 0.25) is 0 Å². The maximum atomic E-state index is 14.3. The van der Waals surface area contributed by atoms with Crippen LogP contribution >= 0.6 is 0 Å². The first-order valence-electron chi connectivity index (χ1n) is 11.2. The lowest BCUT2D eigenvalue weighted by molar-refractivity contribution is 0.304. The fraction of sp³-hybridized carbons (Fsp3) is 0.360. The normalized spacial score (nSPS) is 18.2. The third-order valence-electron chi connectivity index (χ3n) is 6.94. The molecule has 1 aromatic carbocycles. The molecule has 6 nitrogen and oxygen atoms in total. The van der Waals surface area contributed by atoms with Crippen LogP contribution in [-0.4, -0.2) is 34.6 Å². The van der Waals surface area contributed by atoms with Crippen molar-refractivity contribution < 1.29 is 8.81 Å². The topological polar surface area (TPSA) is 62.8 Å². The zero-order valence-corrected chi connectivity index (χ0v) is 18.0. The van der Waals surface area contributed by atoms with E-state index in [1.54, 1.807) is 22.9 Å². The van der Waals surface area contributed by atoms with Crippen LogP contribution in [0, 0.1) is 12.7 Å². The van der Waals surface area contributed by atoms with Gasteiger partial charge in [0.25, 0.3) is 0 Å². The highest BCUT2D eigenvalue weighted by atomic mass is 19.1. The Labute approximate surface area is 184 Å². The molecule has 0 amide bonds. The highest BCUT2D eigenvalue weighted by Gasteiger charge is 2.37. The van der Waals surface area contributed by atoms with Crippen molar-refractivity contribution in [3.05, 3.63) is 64.5 Å². The molecule has 1 spiro atoms. The molecule has 7 heteroatoms. The molecule has 1 aliphatic carbocycles. The summed E-state index contributed by atoms with van der Waals surface area (Å²) >= 11 is 0. The van der Waals surface area contributed by atoms with Gasteiger partial charge in [-0.15, -0.1) is 0 Å². The van der Waals surface area contributed by atoms with Crippen LogP contribution in [0.25, 0.3) is 27.9 Å². The van der Waals surface area contributed by atoms with Crippen molar-refractivity contribution in [1.82, 2.24) is 14.7 Å². The molecule has 0 unspecified atom stereocenters. The molecule has 1 aliphatic heterocycles. The molecular formula is C25H25FN4O2. The van der Waals surface area contributed by atoms with Gasteiger partial charge in [0, 0.05) is 54.7 Å². The van der Waals surface area contributed by atoms with Gasteiger partial charge in [-0.25, -0.2) is 14.2 Å². The van der Waals surface area contributed by atoms with Gasteiger partial charge < -0.3 is 19.0 Å². The van der Waals surface area contributed by atoms with E-state index in [2.05, 4.69) is 21.3 Å². The van der Waals surface area contributed by atoms with Gasteiger partial charge in [0.1, 0.15) is 5.58 Å². The largest absolute Gasteiger partial charge is 0.422 e. The number of anilines is 1. The molecule has 32 heavy (non-hydrogen) atoms. The number of aryl methyl sites for hydroxylation is 1. The Morgan fingerprint density at radius 3 is 2.84 bits per heavy atom. The quantitative estimate of drug-likeness (QED) is 0.479. The van der Waals surface area contributed by atoms with E-state index in [0.29, 0.717) is 16.8 Å². The zero-order valence-electron chi connectivity index (χ0n) is 18.0. The van der Waals surface area contributed by atoms with Gasteiger partial charge in [0.15, 0.2) is 11.5 Å². The Hall–Kier alpha value is -3.19. The third kappa shape index (κ3) is 3.19. The molecule has 6 rings (SSSR count). The van der Waals surface area contributed by atoms with E-state index in [4.69, 9.17) is 4.42 Å². The molecule has 4 aromatic rings. The first kappa shape index (κ1) is 19.5. The molecule has 2 fully saturated rings. The second-order valence-electron chi connectivity index (χ2n) is 9.23. The number of rotatable bonds is 2. The van der Waals surface area contributed by atoms with Crippen molar-refractivity contribution in [2.24, 2.45) is 0 Å². The lowest BCUT2D eigenvalue weighted by Gasteiger charge is -2.42. The van der Waals surface area contributed by atoms with Gasteiger partial charge in [-0.05, 0) is 49.6 Å². The maximum Gasteiger partial charge on any atom is 0.345 e. The molecular weight excluding hydrogens is 407 g/mol. The van der Waals surface area contributed by atoms with Crippen LogP contribution in [0.2, 0.25) is 0 Å². The highest BCUT2D eigenvalue weighted by molar-refractivity contribution is 5.84. The minimum absolute atomic E-state index is 0.194. The van der Waals surface area contributed by atoms with E-state index < -0.39 is 11.4 Å². The number of aromatic nitrogens is 2. The van der Waals surface area contributed by atoms with Crippen molar-refractivity contribution >= 4 is 22.3 Å². The molecule has 1 saturated heterocycles. The van der Waals surface area contributed by atoms with Crippen LogP contribution < -0.4 is 15.8 Å². The molecule has 0 atom stereocenters. The predicted molar refractivity (Wildman–Crippen MR) is 123 cm³/mol. The Kier molecular flexibility index (Phi) is 4.37. The molecule has 0 bridgehead atoms. The number of benzene rings is 1. The van der Waals surface area contributed by atoms with Crippen LogP contribution in [-0.2, 0) is 0 Å². The predicted octanol–water partition coefficient (Wildman–Crippen LogP) is 4.28. The van der Waals surface area contributed by atoms with Crippen molar-refractivity contribution in [2.75, 3.05) is 24.5 Å². The number of nitrogens with one attached hydrogen (secondary N) is 1. The van der Waals surface area contributed by atoms with Gasteiger partial charge in [-0.2, -0.15) is 0 Å². The number of hydrogen-bond acceptors (Lipinski definition) is 5. The highest BCUT2D eigenvalue weighted by Crippen LogP contribution is 2.34. The molecule has 164 valence electrons. The molecule has 2 aliphatic rings. The summed E-state index contributed by atoms with van der Waals surface area (Å²) in [7, 11) is 0. The fourth-order valence-electron chi connectivity index (χ4n) is 5.36. The number of halogens is 1. The monoisotopic (exact) mass is 432 g/mol. The van der Waals surface area contributed by atoms with Crippen LogP contribution in [0.3, 0.4) is 0 Å². The van der Waals surface area contributed by atoms with E-state index in [0.717, 1.165) is 36.3 Å². The Morgan fingerprint density at radius 2 is 2.00 bits per heavy atom. The number of nitrogens with zero attached hydrogens (tertiary/aromatic N) is 3. The lowest BCUT2D eigenvalue weighted by Crippen LogP contribution is -2.59. The van der Waals surface area contributed by atoms with Gasteiger partial charge in [-0.3, -0.25) is 0 Å². The standard InChI is InChI=1S/C25H25FN4O2/c1-16-10-20(26)23-28-21(14-30(23)13-16)19-11-17-4-5-18(12-22(17)32-24(19)31)29-9-8-27-25(15-29)6-2-3-7-25/h4-5,10-14,27H,2-3,6-9,15H2,1H3. The molecule has 0 radical (unpaired) electrons. The average Bonchev–Trinajstić information content (AvgIpc) is 3.40. The first-order valence-corrected chi connectivity index (χ1v) is 11.2. The van der Waals surface area contributed by atoms with Crippen molar-refractivity contribution in [3.63, 3.8) is 0 Å². The summed E-state index contributed by atoms with van der Waals surface area (Å²) in [5, 5.41) is 4.56. The van der Waals surface area contributed by atoms with E-state index in [1.807, 2.05) is 19.1 Å². The SMILES string of the molecule is Cc1cc(F)c2nc(-c3cc4ccc(N5CCNC6(CCCC6)C5)cc4oc3=O)cn2c1. The number of hydrogen-bond donors (Lipinski definition) is 1. The summed E-state index contributed by atoms with van der Waals surface area (Å²) in [6.07, 6.45) is 8.45. The molecule has 1 saturated carbocycles. The van der Waals surface area contributed by atoms with Crippen LogP contribution in [0.1, 0.15) is 31.2 Å². The van der Waals surface area contributed by atoms with Gasteiger partial charge >= 0.3 is 5.63 Å². The van der Waals surface area contributed by atoms with Crippen molar-refractivity contribution in [1.29, 1.82) is 0 Å². The maximum absolute atomic E-state index is 14.3. The summed E-state index contributed by atoms with van der Waals surface area (Å²) in [5.74, 6) is -0.415. The summed E-state index contributed by atoms with van der Waals surface area (Å²) in [4.78, 5) is 19.5. The fourth-order valence-corrected chi connectivity index (χ4v) is 5.36. The molecule has 1 N–H and O–H groups in total.